The SMILES string of the molecule is CC1(C)COCCN1S(=O)(=O)c1cccc(C#N)c1. The topological polar surface area (TPSA) is 70.4 Å². The summed E-state index contributed by atoms with van der Waals surface area (Å²) in [6.45, 7) is 4.74. The summed E-state index contributed by atoms with van der Waals surface area (Å²) in [5.41, 5.74) is -0.244. The molecule has 1 aromatic carbocycles. The molecule has 102 valence electrons. The lowest BCUT2D eigenvalue weighted by molar-refractivity contribution is -0.00770. The van der Waals surface area contributed by atoms with Crippen molar-refractivity contribution in [3.8, 4) is 6.07 Å². The molecular weight excluding hydrogens is 264 g/mol. The van der Waals surface area contributed by atoms with Gasteiger partial charge in [0.1, 0.15) is 0 Å². The number of sulfonamides is 1. The van der Waals surface area contributed by atoms with Crippen molar-refractivity contribution in [3.63, 3.8) is 0 Å². The predicted molar refractivity (Wildman–Crippen MR) is 69.9 cm³/mol. The first-order chi connectivity index (χ1) is 8.88. The van der Waals surface area contributed by atoms with Crippen LogP contribution < -0.4 is 0 Å². The number of nitrogens with zero attached hydrogens (tertiary/aromatic N) is 2. The molecule has 0 bridgehead atoms. The number of benzene rings is 1. The minimum atomic E-state index is -3.60. The van der Waals surface area contributed by atoms with E-state index < -0.39 is 15.6 Å². The van der Waals surface area contributed by atoms with Crippen LogP contribution in [-0.4, -0.2) is 38.0 Å². The summed E-state index contributed by atoms with van der Waals surface area (Å²) < 4.78 is 32.0. The Balaban J connectivity index is 2.44. The van der Waals surface area contributed by atoms with Crippen LogP contribution >= 0.6 is 0 Å². The molecule has 0 saturated carbocycles. The van der Waals surface area contributed by atoms with Gasteiger partial charge in [0, 0.05) is 6.54 Å². The molecule has 6 heteroatoms. The minimum Gasteiger partial charge on any atom is -0.378 e. The second kappa shape index (κ2) is 4.93. The molecule has 0 atom stereocenters. The van der Waals surface area contributed by atoms with E-state index in [4.69, 9.17) is 10.00 Å². The molecular formula is C13H16N2O3S. The van der Waals surface area contributed by atoms with Crippen molar-refractivity contribution >= 4 is 10.0 Å². The molecule has 0 spiro atoms. The molecule has 1 heterocycles. The Hall–Kier alpha value is -1.42. The lowest BCUT2D eigenvalue weighted by Gasteiger charge is -2.40. The van der Waals surface area contributed by atoms with Crippen LogP contribution in [0.5, 0.6) is 0 Å². The van der Waals surface area contributed by atoms with Crippen LogP contribution in [0.25, 0.3) is 0 Å². The molecule has 0 unspecified atom stereocenters. The van der Waals surface area contributed by atoms with Crippen LogP contribution in [0.4, 0.5) is 0 Å². The Bertz CT molecular complexity index is 617. The molecule has 2 rings (SSSR count). The summed E-state index contributed by atoms with van der Waals surface area (Å²) in [6.07, 6.45) is 0. The molecule has 0 aromatic heterocycles. The van der Waals surface area contributed by atoms with Crippen molar-refractivity contribution in [2.45, 2.75) is 24.3 Å². The smallest absolute Gasteiger partial charge is 0.243 e. The zero-order valence-corrected chi connectivity index (χ0v) is 11.8. The monoisotopic (exact) mass is 280 g/mol. The van der Waals surface area contributed by atoms with Crippen LogP contribution in [0.2, 0.25) is 0 Å². The van der Waals surface area contributed by atoms with Gasteiger partial charge >= 0.3 is 0 Å². The van der Waals surface area contributed by atoms with Gasteiger partial charge in [0.05, 0.1) is 35.3 Å². The van der Waals surface area contributed by atoms with Crippen molar-refractivity contribution in [3.05, 3.63) is 29.8 Å². The molecule has 0 aliphatic carbocycles. The second-order valence-corrected chi connectivity index (χ2v) is 6.94. The average molecular weight is 280 g/mol. The Morgan fingerprint density at radius 3 is 2.79 bits per heavy atom. The van der Waals surface area contributed by atoms with Gasteiger partial charge in [-0.05, 0) is 32.0 Å². The van der Waals surface area contributed by atoms with Gasteiger partial charge in [-0.1, -0.05) is 6.07 Å². The largest absolute Gasteiger partial charge is 0.378 e. The fourth-order valence-electron chi connectivity index (χ4n) is 2.14. The highest BCUT2D eigenvalue weighted by molar-refractivity contribution is 7.89. The zero-order chi connectivity index (χ0) is 14.1. The highest BCUT2D eigenvalue weighted by Crippen LogP contribution is 2.27. The van der Waals surface area contributed by atoms with E-state index in [1.807, 2.05) is 19.9 Å². The van der Waals surface area contributed by atoms with Crippen molar-refractivity contribution in [2.75, 3.05) is 19.8 Å². The summed E-state index contributed by atoms with van der Waals surface area (Å²) in [4.78, 5) is 0.154. The van der Waals surface area contributed by atoms with E-state index in [1.165, 1.54) is 16.4 Å². The maximum absolute atomic E-state index is 12.6. The maximum atomic E-state index is 12.6. The summed E-state index contributed by atoms with van der Waals surface area (Å²) in [6, 6.07) is 8.04. The third kappa shape index (κ3) is 2.63. The molecule has 1 aliphatic heterocycles. The summed E-state index contributed by atoms with van der Waals surface area (Å²) in [5.74, 6) is 0. The number of ether oxygens (including phenoxy) is 1. The fourth-order valence-corrected chi connectivity index (χ4v) is 3.94. The van der Waals surface area contributed by atoms with E-state index in [0.29, 0.717) is 25.3 Å². The Labute approximate surface area is 113 Å². The number of hydrogen-bond acceptors (Lipinski definition) is 4. The van der Waals surface area contributed by atoms with E-state index >= 15 is 0 Å². The third-order valence-corrected chi connectivity index (χ3v) is 5.23. The normalized spacial score (nSPS) is 19.8. The molecule has 19 heavy (non-hydrogen) atoms. The molecule has 0 radical (unpaired) electrons. The quantitative estimate of drug-likeness (QED) is 0.820. The van der Waals surface area contributed by atoms with Crippen molar-refractivity contribution in [1.82, 2.24) is 4.31 Å². The molecule has 1 fully saturated rings. The standard InChI is InChI=1S/C13H16N2O3S/c1-13(2)10-18-7-6-15(13)19(16,17)12-5-3-4-11(8-12)9-14/h3-5,8H,6-7,10H2,1-2H3. The number of nitriles is 1. The molecule has 0 N–H and O–H groups in total. The first-order valence-corrected chi connectivity index (χ1v) is 7.43. The Morgan fingerprint density at radius 1 is 1.42 bits per heavy atom. The molecule has 5 nitrogen and oxygen atoms in total. The average Bonchev–Trinajstić information content (AvgIpc) is 2.38. The Kier molecular flexibility index (Phi) is 3.63. The molecule has 1 aromatic rings. The lowest BCUT2D eigenvalue weighted by atomic mass is 10.1. The van der Waals surface area contributed by atoms with E-state index in [1.54, 1.807) is 12.1 Å². The predicted octanol–water partition coefficient (Wildman–Crippen LogP) is 1.36. The first kappa shape index (κ1) is 14.0. The van der Waals surface area contributed by atoms with Crippen molar-refractivity contribution in [1.29, 1.82) is 5.26 Å². The first-order valence-electron chi connectivity index (χ1n) is 5.99. The van der Waals surface area contributed by atoms with Crippen LogP contribution in [0.3, 0.4) is 0 Å². The molecule has 1 aliphatic rings. The van der Waals surface area contributed by atoms with Gasteiger partial charge in [-0.15, -0.1) is 0 Å². The summed E-state index contributed by atoms with van der Waals surface area (Å²) >= 11 is 0. The van der Waals surface area contributed by atoms with E-state index in [-0.39, 0.29) is 4.90 Å². The summed E-state index contributed by atoms with van der Waals surface area (Å²) in [7, 11) is -3.60. The van der Waals surface area contributed by atoms with Crippen molar-refractivity contribution in [2.24, 2.45) is 0 Å². The van der Waals surface area contributed by atoms with Crippen LogP contribution in [0.15, 0.2) is 29.2 Å². The van der Waals surface area contributed by atoms with Gasteiger partial charge in [0.25, 0.3) is 0 Å². The molecule has 1 saturated heterocycles. The fraction of sp³-hybridized carbons (Fsp3) is 0.462. The van der Waals surface area contributed by atoms with Crippen LogP contribution in [-0.2, 0) is 14.8 Å². The highest BCUT2D eigenvalue weighted by atomic mass is 32.2. The van der Waals surface area contributed by atoms with Crippen LogP contribution in [0, 0.1) is 11.3 Å². The van der Waals surface area contributed by atoms with Gasteiger partial charge in [0.2, 0.25) is 10.0 Å². The number of rotatable bonds is 2. The van der Waals surface area contributed by atoms with Crippen molar-refractivity contribution < 1.29 is 13.2 Å². The Morgan fingerprint density at radius 2 is 2.16 bits per heavy atom. The number of morpholine rings is 1. The second-order valence-electron chi connectivity index (χ2n) is 5.08. The van der Waals surface area contributed by atoms with E-state index in [2.05, 4.69) is 0 Å². The van der Waals surface area contributed by atoms with E-state index in [9.17, 15) is 8.42 Å². The minimum absolute atomic E-state index is 0.154. The van der Waals surface area contributed by atoms with E-state index in [0.717, 1.165) is 0 Å². The van der Waals surface area contributed by atoms with Gasteiger partial charge in [-0.25, -0.2) is 8.42 Å². The maximum Gasteiger partial charge on any atom is 0.243 e. The van der Waals surface area contributed by atoms with Gasteiger partial charge in [-0.2, -0.15) is 9.57 Å². The molecule has 0 amide bonds. The third-order valence-electron chi connectivity index (χ3n) is 3.12. The van der Waals surface area contributed by atoms with Crippen LogP contribution in [0.1, 0.15) is 19.4 Å². The van der Waals surface area contributed by atoms with Gasteiger partial charge in [0.15, 0.2) is 0 Å². The summed E-state index contributed by atoms with van der Waals surface area (Å²) in [5, 5.41) is 8.86. The lowest BCUT2D eigenvalue weighted by Crippen LogP contribution is -2.55. The zero-order valence-electron chi connectivity index (χ0n) is 11.0. The number of hydrogen-bond donors (Lipinski definition) is 0. The van der Waals surface area contributed by atoms with Gasteiger partial charge in [-0.3, -0.25) is 0 Å². The highest BCUT2D eigenvalue weighted by Gasteiger charge is 2.39. The van der Waals surface area contributed by atoms with Gasteiger partial charge < -0.3 is 4.74 Å².